The minimum absolute atomic E-state index is 0.140. The Labute approximate surface area is 139 Å². The summed E-state index contributed by atoms with van der Waals surface area (Å²) in [6.45, 7) is 1.47. The highest BCUT2D eigenvalue weighted by Gasteiger charge is 2.22. The Morgan fingerprint density at radius 1 is 1.29 bits per heavy atom. The molecule has 0 bridgehead atoms. The summed E-state index contributed by atoms with van der Waals surface area (Å²) < 4.78 is 41.1. The number of amides is 1. The molecular weight excluding hydrogens is 335 g/mol. The van der Waals surface area contributed by atoms with E-state index < -0.39 is 21.0 Å². The lowest BCUT2D eigenvalue weighted by molar-refractivity contribution is -0.120. The van der Waals surface area contributed by atoms with Gasteiger partial charge in [-0.3, -0.25) is 4.79 Å². The number of aromatic nitrogens is 1. The van der Waals surface area contributed by atoms with Crippen LogP contribution in [-0.4, -0.2) is 30.8 Å². The minimum atomic E-state index is -3.44. The molecular formula is C16H17FN2O4S. The van der Waals surface area contributed by atoms with Crippen LogP contribution in [0.1, 0.15) is 12.5 Å². The molecule has 24 heavy (non-hydrogen) atoms. The van der Waals surface area contributed by atoms with E-state index >= 15 is 0 Å². The first-order valence-electron chi connectivity index (χ1n) is 7.10. The Morgan fingerprint density at radius 2 is 1.96 bits per heavy atom. The van der Waals surface area contributed by atoms with E-state index in [2.05, 4.69) is 10.3 Å². The van der Waals surface area contributed by atoms with Gasteiger partial charge in [0.1, 0.15) is 16.8 Å². The molecule has 1 aromatic heterocycles. The number of ether oxygens (including phenoxy) is 1. The maximum atomic E-state index is 12.9. The van der Waals surface area contributed by atoms with Crippen LogP contribution in [0.2, 0.25) is 0 Å². The van der Waals surface area contributed by atoms with Gasteiger partial charge in [-0.2, -0.15) is 0 Å². The molecule has 2 aromatic rings. The highest BCUT2D eigenvalue weighted by molar-refractivity contribution is 7.92. The van der Waals surface area contributed by atoms with Crippen LogP contribution in [0.25, 0.3) is 0 Å². The van der Waals surface area contributed by atoms with Crippen molar-refractivity contribution in [2.24, 2.45) is 0 Å². The van der Waals surface area contributed by atoms with Gasteiger partial charge in [0.15, 0.2) is 9.84 Å². The van der Waals surface area contributed by atoms with E-state index in [1.54, 1.807) is 12.1 Å². The van der Waals surface area contributed by atoms with Crippen LogP contribution in [0, 0.1) is 5.82 Å². The molecule has 0 aliphatic heterocycles. The number of nitrogens with zero attached hydrogens (tertiary/aromatic N) is 1. The van der Waals surface area contributed by atoms with Crippen LogP contribution in [0.5, 0.6) is 11.6 Å². The Balaban J connectivity index is 2.00. The molecule has 1 aromatic carbocycles. The van der Waals surface area contributed by atoms with Gasteiger partial charge in [0.05, 0.1) is 0 Å². The molecule has 0 aliphatic rings. The van der Waals surface area contributed by atoms with E-state index in [1.165, 1.54) is 37.4 Å². The zero-order chi connectivity index (χ0) is 17.7. The van der Waals surface area contributed by atoms with Gasteiger partial charge in [0.2, 0.25) is 11.8 Å². The largest absolute Gasteiger partial charge is 0.439 e. The quantitative estimate of drug-likeness (QED) is 0.860. The van der Waals surface area contributed by atoms with Crippen molar-refractivity contribution < 1.29 is 22.3 Å². The Bertz CT molecular complexity index is 822. The van der Waals surface area contributed by atoms with Gasteiger partial charge in [-0.15, -0.1) is 0 Å². The summed E-state index contributed by atoms with van der Waals surface area (Å²) in [4.78, 5) is 15.8. The molecule has 0 spiro atoms. The molecule has 6 nitrogen and oxygen atoms in total. The second-order valence-corrected chi connectivity index (χ2v) is 7.61. The Kier molecular flexibility index (Phi) is 5.50. The number of carbonyl (C=O) groups excluding carboxylic acids is 1. The molecule has 8 heteroatoms. The van der Waals surface area contributed by atoms with Crippen molar-refractivity contribution in [3.8, 4) is 11.6 Å². The molecule has 0 saturated carbocycles. The number of hydrogen-bond acceptors (Lipinski definition) is 5. The molecule has 0 fully saturated rings. The first-order chi connectivity index (χ1) is 11.3. The molecule has 1 atom stereocenters. The standard InChI is InChI=1S/C16H17FN2O4S/c1-11(24(2,21)22)16(20)19-10-12-7-8-18-15(9-12)23-14-5-3-13(17)4-6-14/h3-9,11H,10H2,1-2H3,(H,19,20)/t11-/m1/s1. The van der Waals surface area contributed by atoms with E-state index in [1.807, 2.05) is 0 Å². The van der Waals surface area contributed by atoms with Crippen molar-refractivity contribution in [2.45, 2.75) is 18.7 Å². The first-order valence-corrected chi connectivity index (χ1v) is 9.06. The molecule has 0 saturated heterocycles. The Morgan fingerprint density at radius 3 is 2.58 bits per heavy atom. The van der Waals surface area contributed by atoms with Crippen molar-refractivity contribution in [3.63, 3.8) is 0 Å². The van der Waals surface area contributed by atoms with Crippen LogP contribution in [-0.2, 0) is 21.2 Å². The van der Waals surface area contributed by atoms with Crippen molar-refractivity contribution in [2.75, 3.05) is 6.26 Å². The third kappa shape index (κ3) is 5.02. The second-order valence-electron chi connectivity index (χ2n) is 5.25. The normalized spacial score (nSPS) is 12.5. The molecule has 2 rings (SSSR count). The number of pyridine rings is 1. The zero-order valence-corrected chi connectivity index (χ0v) is 14.0. The maximum absolute atomic E-state index is 12.9. The van der Waals surface area contributed by atoms with E-state index in [9.17, 15) is 17.6 Å². The van der Waals surface area contributed by atoms with Gasteiger partial charge in [-0.25, -0.2) is 17.8 Å². The number of rotatable bonds is 6. The fraction of sp³-hybridized carbons (Fsp3) is 0.250. The average molecular weight is 352 g/mol. The third-order valence-corrected chi connectivity index (χ3v) is 4.81. The summed E-state index contributed by atoms with van der Waals surface area (Å²) in [5, 5.41) is 1.44. The van der Waals surface area contributed by atoms with Gasteiger partial charge >= 0.3 is 0 Å². The summed E-state index contributed by atoms with van der Waals surface area (Å²) in [5.41, 5.74) is 0.691. The predicted molar refractivity (Wildman–Crippen MR) is 86.9 cm³/mol. The van der Waals surface area contributed by atoms with Gasteiger partial charge in [0, 0.05) is 25.1 Å². The lowest BCUT2D eigenvalue weighted by atomic mass is 10.2. The van der Waals surface area contributed by atoms with Crippen molar-refractivity contribution in [1.82, 2.24) is 10.3 Å². The number of hydrogen-bond donors (Lipinski definition) is 1. The number of nitrogens with one attached hydrogen (secondary N) is 1. The maximum Gasteiger partial charge on any atom is 0.238 e. The van der Waals surface area contributed by atoms with E-state index in [0.29, 0.717) is 11.3 Å². The monoisotopic (exact) mass is 352 g/mol. The second kappa shape index (κ2) is 7.39. The molecule has 1 amide bonds. The number of carbonyl (C=O) groups is 1. The summed E-state index contributed by atoms with van der Waals surface area (Å²) in [6.07, 6.45) is 2.51. The topological polar surface area (TPSA) is 85.4 Å². The number of halogens is 1. The molecule has 0 radical (unpaired) electrons. The highest BCUT2D eigenvalue weighted by Crippen LogP contribution is 2.20. The fourth-order valence-corrected chi connectivity index (χ4v) is 2.24. The summed E-state index contributed by atoms with van der Waals surface area (Å²) >= 11 is 0. The Hall–Kier alpha value is -2.48. The first kappa shape index (κ1) is 17.9. The van der Waals surface area contributed by atoms with Gasteiger partial charge < -0.3 is 10.1 Å². The average Bonchev–Trinajstić information content (AvgIpc) is 2.53. The van der Waals surface area contributed by atoms with Crippen LogP contribution in [0.15, 0.2) is 42.6 Å². The predicted octanol–water partition coefficient (Wildman–Crippen LogP) is 2.06. The van der Waals surface area contributed by atoms with Crippen molar-refractivity contribution in [3.05, 3.63) is 54.0 Å². The van der Waals surface area contributed by atoms with Gasteiger partial charge in [0.25, 0.3) is 0 Å². The minimum Gasteiger partial charge on any atom is -0.439 e. The smallest absolute Gasteiger partial charge is 0.238 e. The molecule has 128 valence electrons. The summed E-state index contributed by atoms with van der Waals surface area (Å²) in [7, 11) is -3.44. The highest BCUT2D eigenvalue weighted by atomic mass is 32.2. The fourth-order valence-electron chi connectivity index (χ4n) is 1.77. The molecule has 0 aliphatic carbocycles. The number of sulfone groups is 1. The van der Waals surface area contributed by atoms with Crippen molar-refractivity contribution in [1.29, 1.82) is 0 Å². The van der Waals surface area contributed by atoms with E-state index in [0.717, 1.165) is 6.26 Å². The molecule has 1 N–H and O–H groups in total. The van der Waals surface area contributed by atoms with Crippen LogP contribution in [0.4, 0.5) is 4.39 Å². The van der Waals surface area contributed by atoms with E-state index in [4.69, 9.17) is 4.74 Å². The lowest BCUT2D eigenvalue weighted by Crippen LogP contribution is -2.37. The summed E-state index contributed by atoms with van der Waals surface area (Å²) in [6, 6.07) is 8.76. The SMILES string of the molecule is C[C@H](C(=O)NCc1ccnc(Oc2ccc(F)cc2)c1)S(C)(=O)=O. The molecule has 1 heterocycles. The van der Waals surface area contributed by atoms with Crippen LogP contribution >= 0.6 is 0 Å². The zero-order valence-electron chi connectivity index (χ0n) is 13.2. The number of benzene rings is 1. The summed E-state index contributed by atoms with van der Waals surface area (Å²) in [5.74, 6) is -0.234. The van der Waals surface area contributed by atoms with E-state index in [-0.39, 0.29) is 18.2 Å². The third-order valence-electron chi connectivity index (χ3n) is 3.31. The van der Waals surface area contributed by atoms with Crippen LogP contribution < -0.4 is 10.1 Å². The van der Waals surface area contributed by atoms with Crippen LogP contribution in [0.3, 0.4) is 0 Å². The van der Waals surface area contributed by atoms with Gasteiger partial charge in [-0.1, -0.05) is 0 Å². The van der Waals surface area contributed by atoms with Gasteiger partial charge in [-0.05, 0) is 42.8 Å². The van der Waals surface area contributed by atoms with Crippen molar-refractivity contribution >= 4 is 15.7 Å². The molecule has 0 unspecified atom stereocenters. The lowest BCUT2D eigenvalue weighted by Gasteiger charge is -2.11.